The molecule has 7 heteroatoms. The summed E-state index contributed by atoms with van der Waals surface area (Å²) in [5.41, 5.74) is 2.03. The van der Waals surface area contributed by atoms with Crippen LogP contribution in [0.4, 0.5) is 0 Å². The van der Waals surface area contributed by atoms with Crippen molar-refractivity contribution in [1.29, 1.82) is 0 Å². The minimum atomic E-state index is -0.352. The third kappa shape index (κ3) is 2.73. The number of aryl methyl sites for hydroxylation is 1. The van der Waals surface area contributed by atoms with Gasteiger partial charge in [0.1, 0.15) is 5.69 Å². The quantitative estimate of drug-likeness (QED) is 0.795. The van der Waals surface area contributed by atoms with E-state index in [9.17, 15) is 4.79 Å². The van der Waals surface area contributed by atoms with Crippen LogP contribution in [0.15, 0.2) is 47.4 Å². The van der Waals surface area contributed by atoms with Crippen molar-refractivity contribution in [1.82, 2.24) is 25.2 Å². The Labute approximate surface area is 127 Å². The van der Waals surface area contributed by atoms with Crippen LogP contribution >= 0.6 is 0 Å². The highest BCUT2D eigenvalue weighted by Crippen LogP contribution is 2.22. The van der Waals surface area contributed by atoms with Gasteiger partial charge in [0, 0.05) is 18.8 Å². The van der Waals surface area contributed by atoms with Crippen LogP contribution in [0.2, 0.25) is 0 Å². The van der Waals surface area contributed by atoms with E-state index < -0.39 is 0 Å². The van der Waals surface area contributed by atoms with Crippen molar-refractivity contribution in [3.8, 4) is 11.3 Å². The zero-order valence-corrected chi connectivity index (χ0v) is 12.2. The lowest BCUT2D eigenvalue weighted by atomic mass is 10.1. The Morgan fingerprint density at radius 2 is 2.09 bits per heavy atom. The van der Waals surface area contributed by atoms with Gasteiger partial charge in [0.15, 0.2) is 5.82 Å². The van der Waals surface area contributed by atoms with E-state index in [2.05, 4.69) is 20.6 Å². The SMILES string of the molecule is C[C@@H](NC(=O)c1cn(C)nc1-c1ccccc1)c1ncon1. The van der Waals surface area contributed by atoms with Gasteiger partial charge in [0.25, 0.3) is 5.91 Å². The first-order chi connectivity index (χ1) is 10.6. The van der Waals surface area contributed by atoms with Gasteiger partial charge in [0.2, 0.25) is 6.39 Å². The molecule has 112 valence electrons. The largest absolute Gasteiger partial charge is 0.343 e. The van der Waals surface area contributed by atoms with Gasteiger partial charge >= 0.3 is 0 Å². The first-order valence-electron chi connectivity index (χ1n) is 6.81. The summed E-state index contributed by atoms with van der Waals surface area (Å²) in [5.74, 6) is 0.197. The summed E-state index contributed by atoms with van der Waals surface area (Å²) in [7, 11) is 1.78. The van der Waals surface area contributed by atoms with Crippen molar-refractivity contribution >= 4 is 5.91 Å². The number of amides is 1. The number of carbonyl (C=O) groups is 1. The van der Waals surface area contributed by atoms with Crippen LogP contribution < -0.4 is 5.32 Å². The lowest BCUT2D eigenvalue weighted by Crippen LogP contribution is -2.27. The number of hydrogen-bond donors (Lipinski definition) is 1. The summed E-state index contributed by atoms with van der Waals surface area (Å²) in [5, 5.41) is 10.9. The van der Waals surface area contributed by atoms with E-state index in [1.54, 1.807) is 24.9 Å². The summed E-state index contributed by atoms with van der Waals surface area (Å²) >= 11 is 0. The fourth-order valence-electron chi connectivity index (χ4n) is 2.17. The molecule has 0 aliphatic heterocycles. The normalized spacial score (nSPS) is 12.1. The monoisotopic (exact) mass is 297 g/mol. The Morgan fingerprint density at radius 3 is 2.77 bits per heavy atom. The summed E-state index contributed by atoms with van der Waals surface area (Å²) in [6.07, 6.45) is 2.93. The summed E-state index contributed by atoms with van der Waals surface area (Å²) in [4.78, 5) is 16.4. The van der Waals surface area contributed by atoms with E-state index in [1.165, 1.54) is 6.39 Å². The first kappa shape index (κ1) is 14.0. The van der Waals surface area contributed by atoms with Gasteiger partial charge in [0.05, 0.1) is 11.6 Å². The Morgan fingerprint density at radius 1 is 1.32 bits per heavy atom. The van der Waals surface area contributed by atoms with Crippen LogP contribution in [-0.2, 0) is 7.05 Å². The molecule has 0 bridgehead atoms. The maximum Gasteiger partial charge on any atom is 0.255 e. The number of nitrogens with one attached hydrogen (secondary N) is 1. The average molecular weight is 297 g/mol. The number of nitrogens with zero attached hydrogens (tertiary/aromatic N) is 4. The summed E-state index contributed by atoms with van der Waals surface area (Å²) < 4.78 is 6.31. The molecule has 0 saturated carbocycles. The topological polar surface area (TPSA) is 85.8 Å². The van der Waals surface area contributed by atoms with Crippen LogP contribution in [0.3, 0.4) is 0 Å². The van der Waals surface area contributed by atoms with E-state index in [1.807, 2.05) is 30.3 Å². The van der Waals surface area contributed by atoms with Gasteiger partial charge in [-0.05, 0) is 6.92 Å². The van der Waals surface area contributed by atoms with Gasteiger partial charge in [-0.2, -0.15) is 10.1 Å². The van der Waals surface area contributed by atoms with Crippen LogP contribution in [-0.4, -0.2) is 25.8 Å². The maximum atomic E-state index is 12.5. The standard InChI is InChI=1S/C15H15N5O2/c1-10(14-16-9-22-19-14)17-15(21)12-8-20(2)18-13(12)11-6-4-3-5-7-11/h3-10H,1-2H3,(H,17,21)/t10-/m1/s1. The average Bonchev–Trinajstić information content (AvgIpc) is 3.17. The highest BCUT2D eigenvalue weighted by atomic mass is 16.5. The van der Waals surface area contributed by atoms with Gasteiger partial charge < -0.3 is 9.84 Å². The minimum Gasteiger partial charge on any atom is -0.343 e. The van der Waals surface area contributed by atoms with Crippen molar-refractivity contribution in [3.63, 3.8) is 0 Å². The molecule has 0 aliphatic rings. The number of aromatic nitrogens is 4. The van der Waals surface area contributed by atoms with Crippen LogP contribution in [0.25, 0.3) is 11.3 Å². The number of hydrogen-bond acceptors (Lipinski definition) is 5. The second kappa shape index (κ2) is 5.80. The molecule has 2 aromatic heterocycles. The molecule has 0 fully saturated rings. The lowest BCUT2D eigenvalue weighted by molar-refractivity contribution is 0.0938. The second-order valence-corrected chi connectivity index (χ2v) is 4.92. The molecule has 1 aromatic carbocycles. The molecule has 22 heavy (non-hydrogen) atoms. The molecule has 7 nitrogen and oxygen atoms in total. The maximum absolute atomic E-state index is 12.5. The van der Waals surface area contributed by atoms with Gasteiger partial charge in [-0.25, -0.2) is 0 Å². The summed E-state index contributed by atoms with van der Waals surface area (Å²) in [6.45, 7) is 1.79. The van der Waals surface area contributed by atoms with Crippen LogP contribution in [0.5, 0.6) is 0 Å². The zero-order chi connectivity index (χ0) is 15.5. The van der Waals surface area contributed by atoms with Crippen LogP contribution in [0, 0.1) is 0 Å². The minimum absolute atomic E-state index is 0.232. The lowest BCUT2D eigenvalue weighted by Gasteiger charge is -2.09. The van der Waals surface area contributed by atoms with Gasteiger partial charge in [-0.1, -0.05) is 35.5 Å². The number of benzene rings is 1. The highest BCUT2D eigenvalue weighted by molar-refractivity contribution is 5.99. The molecular formula is C15H15N5O2. The molecule has 2 heterocycles. The first-order valence-corrected chi connectivity index (χ1v) is 6.81. The van der Waals surface area contributed by atoms with Crippen molar-refractivity contribution in [2.24, 2.45) is 7.05 Å². The molecule has 3 aromatic rings. The molecular weight excluding hydrogens is 282 g/mol. The fourth-order valence-corrected chi connectivity index (χ4v) is 2.17. The van der Waals surface area contributed by atoms with Crippen LogP contribution in [0.1, 0.15) is 29.1 Å². The molecule has 1 atom stereocenters. The van der Waals surface area contributed by atoms with Crippen molar-refractivity contribution in [2.45, 2.75) is 13.0 Å². The number of rotatable bonds is 4. The van der Waals surface area contributed by atoms with Gasteiger partial charge in [-0.15, -0.1) is 0 Å². The molecule has 0 aliphatic carbocycles. The molecule has 0 saturated heterocycles. The molecule has 0 radical (unpaired) electrons. The number of carbonyl (C=O) groups excluding carboxylic acids is 1. The molecule has 0 spiro atoms. The third-order valence-corrected chi connectivity index (χ3v) is 3.23. The molecule has 1 amide bonds. The smallest absolute Gasteiger partial charge is 0.255 e. The van der Waals surface area contributed by atoms with Crippen molar-refractivity contribution < 1.29 is 9.32 Å². The molecule has 3 rings (SSSR count). The molecule has 0 unspecified atom stereocenters. The van der Waals surface area contributed by atoms with Crippen molar-refractivity contribution in [3.05, 3.63) is 54.3 Å². The predicted octanol–water partition coefficient (Wildman–Crippen LogP) is 1.96. The zero-order valence-electron chi connectivity index (χ0n) is 12.2. The van der Waals surface area contributed by atoms with E-state index in [4.69, 9.17) is 4.52 Å². The van der Waals surface area contributed by atoms with E-state index in [-0.39, 0.29) is 11.9 Å². The van der Waals surface area contributed by atoms with Crippen molar-refractivity contribution in [2.75, 3.05) is 0 Å². The fraction of sp³-hybridized carbons (Fsp3) is 0.200. The van der Waals surface area contributed by atoms with E-state index in [0.29, 0.717) is 17.1 Å². The Bertz CT molecular complexity index is 765. The summed E-state index contributed by atoms with van der Waals surface area (Å²) in [6, 6.07) is 9.23. The molecule has 1 N–H and O–H groups in total. The third-order valence-electron chi connectivity index (χ3n) is 3.23. The Kier molecular flexibility index (Phi) is 3.69. The highest BCUT2D eigenvalue weighted by Gasteiger charge is 2.20. The predicted molar refractivity (Wildman–Crippen MR) is 78.8 cm³/mol. The van der Waals surface area contributed by atoms with Gasteiger partial charge in [-0.3, -0.25) is 9.48 Å². The Balaban J connectivity index is 1.87. The second-order valence-electron chi connectivity index (χ2n) is 4.92. The Hall–Kier alpha value is -2.96. The van der Waals surface area contributed by atoms with E-state index >= 15 is 0 Å². The van der Waals surface area contributed by atoms with E-state index in [0.717, 1.165) is 5.56 Å².